The highest BCUT2D eigenvalue weighted by Gasteiger charge is 2.27. The monoisotopic (exact) mass is 232 g/mol. The molecule has 1 saturated heterocycles. The highest BCUT2D eigenvalue weighted by Crippen LogP contribution is 2.26. The van der Waals surface area contributed by atoms with Crippen LogP contribution in [0.15, 0.2) is 24.3 Å². The van der Waals surface area contributed by atoms with Gasteiger partial charge in [-0.3, -0.25) is 4.79 Å². The third-order valence-electron chi connectivity index (χ3n) is 3.48. The Bertz CT molecular complexity index is 399. The lowest BCUT2D eigenvalue weighted by Gasteiger charge is -2.36. The molecule has 1 heterocycles. The maximum absolute atomic E-state index is 11.4. The Labute approximate surface area is 103 Å². The zero-order valence-corrected chi connectivity index (χ0v) is 10.5. The van der Waals surface area contributed by atoms with Crippen LogP contribution < -0.4 is 5.73 Å². The summed E-state index contributed by atoms with van der Waals surface area (Å²) in [5.41, 5.74) is 8.58. The van der Waals surface area contributed by atoms with E-state index >= 15 is 0 Å². The zero-order valence-electron chi connectivity index (χ0n) is 10.5. The van der Waals surface area contributed by atoms with Gasteiger partial charge in [0.25, 0.3) is 0 Å². The zero-order chi connectivity index (χ0) is 12.4. The van der Waals surface area contributed by atoms with Crippen LogP contribution in [0.25, 0.3) is 0 Å². The molecule has 2 unspecified atom stereocenters. The van der Waals surface area contributed by atoms with Crippen LogP contribution in [0.3, 0.4) is 0 Å². The Kier molecular flexibility index (Phi) is 3.48. The van der Waals surface area contributed by atoms with E-state index < -0.39 is 0 Å². The Morgan fingerprint density at radius 1 is 1.29 bits per heavy atom. The molecule has 2 rings (SSSR count). The van der Waals surface area contributed by atoms with Crippen LogP contribution in [0, 0.1) is 6.92 Å². The van der Waals surface area contributed by atoms with Crippen LogP contribution in [0.4, 0.5) is 0 Å². The van der Waals surface area contributed by atoms with E-state index in [1.54, 1.807) is 6.92 Å². The van der Waals surface area contributed by atoms with Crippen LogP contribution in [0.5, 0.6) is 0 Å². The lowest BCUT2D eigenvalue weighted by Crippen LogP contribution is -2.47. The quantitative estimate of drug-likeness (QED) is 0.800. The van der Waals surface area contributed by atoms with Gasteiger partial charge >= 0.3 is 0 Å². The van der Waals surface area contributed by atoms with Crippen molar-refractivity contribution in [2.24, 2.45) is 5.73 Å². The molecular weight excluding hydrogens is 212 g/mol. The fourth-order valence-electron chi connectivity index (χ4n) is 2.48. The van der Waals surface area contributed by atoms with Crippen LogP contribution in [-0.2, 0) is 4.79 Å². The molecule has 3 heteroatoms. The summed E-state index contributed by atoms with van der Waals surface area (Å²) >= 11 is 0. The van der Waals surface area contributed by atoms with Crippen LogP contribution >= 0.6 is 0 Å². The van der Waals surface area contributed by atoms with Crippen molar-refractivity contribution in [1.82, 2.24) is 4.90 Å². The van der Waals surface area contributed by atoms with E-state index in [9.17, 15) is 4.79 Å². The summed E-state index contributed by atoms with van der Waals surface area (Å²) in [6.45, 7) is 5.19. The van der Waals surface area contributed by atoms with Gasteiger partial charge in [0.05, 0.1) is 0 Å². The third-order valence-corrected chi connectivity index (χ3v) is 3.48. The van der Waals surface area contributed by atoms with E-state index in [0.717, 1.165) is 13.0 Å². The first-order valence-corrected chi connectivity index (χ1v) is 6.14. The molecule has 1 aromatic carbocycles. The van der Waals surface area contributed by atoms with Crippen LogP contribution in [-0.4, -0.2) is 29.9 Å². The van der Waals surface area contributed by atoms with E-state index in [1.165, 1.54) is 11.1 Å². The lowest BCUT2D eigenvalue weighted by atomic mass is 9.88. The van der Waals surface area contributed by atoms with Gasteiger partial charge in [-0.1, -0.05) is 29.8 Å². The van der Waals surface area contributed by atoms with Crippen molar-refractivity contribution >= 4 is 5.91 Å². The number of rotatable bonds is 1. The van der Waals surface area contributed by atoms with Crippen molar-refractivity contribution in [1.29, 1.82) is 0 Å². The number of hydrogen-bond donors (Lipinski definition) is 1. The molecule has 0 radical (unpaired) electrons. The van der Waals surface area contributed by atoms with Crippen molar-refractivity contribution in [3.05, 3.63) is 35.4 Å². The average Bonchev–Trinajstić information content (AvgIpc) is 2.29. The Morgan fingerprint density at radius 2 is 1.94 bits per heavy atom. The molecule has 92 valence electrons. The maximum atomic E-state index is 11.4. The second-order valence-electron chi connectivity index (χ2n) is 5.03. The molecule has 3 nitrogen and oxygen atoms in total. The second kappa shape index (κ2) is 4.88. The van der Waals surface area contributed by atoms with Gasteiger partial charge < -0.3 is 10.6 Å². The van der Waals surface area contributed by atoms with Gasteiger partial charge in [0.2, 0.25) is 5.91 Å². The molecule has 1 amide bonds. The largest absolute Gasteiger partial charge is 0.341 e. The minimum Gasteiger partial charge on any atom is -0.341 e. The summed E-state index contributed by atoms with van der Waals surface area (Å²) in [5.74, 6) is 0.500. The van der Waals surface area contributed by atoms with Gasteiger partial charge in [-0.25, -0.2) is 0 Å². The lowest BCUT2D eigenvalue weighted by molar-refractivity contribution is -0.130. The smallest absolute Gasteiger partial charge is 0.219 e. The summed E-state index contributed by atoms with van der Waals surface area (Å²) in [4.78, 5) is 13.3. The normalized spacial score (nSPS) is 24.8. The number of aryl methyl sites for hydroxylation is 1. The van der Waals surface area contributed by atoms with Crippen molar-refractivity contribution in [3.63, 3.8) is 0 Å². The van der Waals surface area contributed by atoms with Crippen LogP contribution in [0.1, 0.15) is 30.4 Å². The predicted octanol–water partition coefficient (Wildman–Crippen LogP) is 1.66. The number of hydrogen-bond acceptors (Lipinski definition) is 2. The average molecular weight is 232 g/mol. The molecule has 2 N–H and O–H groups in total. The molecular formula is C14H20N2O. The van der Waals surface area contributed by atoms with Crippen molar-refractivity contribution < 1.29 is 4.79 Å². The van der Waals surface area contributed by atoms with Gasteiger partial charge in [0, 0.05) is 32.0 Å². The topological polar surface area (TPSA) is 46.3 Å². The minimum atomic E-state index is 0.0963. The molecule has 1 aliphatic rings. The molecule has 1 aromatic rings. The molecule has 0 bridgehead atoms. The molecule has 0 aliphatic carbocycles. The van der Waals surface area contributed by atoms with E-state index in [0.29, 0.717) is 12.5 Å². The van der Waals surface area contributed by atoms with Gasteiger partial charge in [0.15, 0.2) is 0 Å². The standard InChI is InChI=1S/C14H20N2O/c1-10-3-5-12(6-4-10)13-7-14(15)9-16(8-13)11(2)17/h3-6,13-14H,7-9,15H2,1-2H3. The molecule has 1 fully saturated rings. The van der Waals surface area contributed by atoms with E-state index in [2.05, 4.69) is 31.2 Å². The number of piperidine rings is 1. The summed E-state index contributed by atoms with van der Waals surface area (Å²) in [7, 11) is 0. The van der Waals surface area contributed by atoms with E-state index in [1.807, 2.05) is 4.90 Å². The van der Waals surface area contributed by atoms with Crippen molar-refractivity contribution in [2.45, 2.75) is 32.2 Å². The third kappa shape index (κ3) is 2.86. The van der Waals surface area contributed by atoms with Gasteiger partial charge in [-0.2, -0.15) is 0 Å². The maximum Gasteiger partial charge on any atom is 0.219 e. The second-order valence-corrected chi connectivity index (χ2v) is 5.03. The fourth-order valence-corrected chi connectivity index (χ4v) is 2.48. The first-order chi connectivity index (χ1) is 8.06. The number of nitrogens with two attached hydrogens (primary N) is 1. The molecule has 0 saturated carbocycles. The molecule has 0 aromatic heterocycles. The summed E-state index contributed by atoms with van der Waals surface area (Å²) in [5, 5.41) is 0. The Morgan fingerprint density at radius 3 is 2.53 bits per heavy atom. The summed E-state index contributed by atoms with van der Waals surface area (Å²) < 4.78 is 0. The van der Waals surface area contributed by atoms with Gasteiger partial charge in [-0.05, 0) is 18.9 Å². The SMILES string of the molecule is CC(=O)N1CC(N)CC(c2ccc(C)cc2)C1. The van der Waals surface area contributed by atoms with Crippen LogP contribution in [0.2, 0.25) is 0 Å². The van der Waals surface area contributed by atoms with Gasteiger partial charge in [0.1, 0.15) is 0 Å². The highest BCUT2D eigenvalue weighted by atomic mass is 16.2. The number of nitrogens with zero attached hydrogens (tertiary/aromatic N) is 1. The Hall–Kier alpha value is -1.35. The fraction of sp³-hybridized carbons (Fsp3) is 0.500. The minimum absolute atomic E-state index is 0.0963. The number of carbonyl (C=O) groups is 1. The number of likely N-dealkylation sites (tertiary alicyclic amines) is 1. The van der Waals surface area contributed by atoms with Crippen molar-refractivity contribution in [3.8, 4) is 0 Å². The molecule has 0 spiro atoms. The molecule has 1 aliphatic heterocycles. The molecule has 17 heavy (non-hydrogen) atoms. The number of benzene rings is 1. The first-order valence-electron chi connectivity index (χ1n) is 6.14. The van der Waals surface area contributed by atoms with Gasteiger partial charge in [-0.15, -0.1) is 0 Å². The summed E-state index contributed by atoms with van der Waals surface area (Å²) in [6.07, 6.45) is 0.965. The van der Waals surface area contributed by atoms with E-state index in [4.69, 9.17) is 5.73 Å². The first kappa shape index (κ1) is 12.1. The Balaban J connectivity index is 2.15. The predicted molar refractivity (Wildman–Crippen MR) is 68.8 cm³/mol. The number of carbonyl (C=O) groups excluding carboxylic acids is 1. The van der Waals surface area contributed by atoms with E-state index in [-0.39, 0.29) is 11.9 Å². The summed E-state index contributed by atoms with van der Waals surface area (Å²) in [6, 6.07) is 8.63. The molecule has 2 atom stereocenters. The van der Waals surface area contributed by atoms with Crippen molar-refractivity contribution in [2.75, 3.05) is 13.1 Å². The number of amides is 1. The highest BCUT2D eigenvalue weighted by molar-refractivity contribution is 5.73.